The van der Waals surface area contributed by atoms with Crippen LogP contribution >= 0.6 is 0 Å². The molecule has 3 rings (SSSR count). The summed E-state index contributed by atoms with van der Waals surface area (Å²) >= 11 is 0. The Kier molecular flexibility index (Phi) is 4.37. The van der Waals surface area contributed by atoms with Crippen molar-refractivity contribution in [2.45, 2.75) is 64.1 Å². The van der Waals surface area contributed by atoms with Gasteiger partial charge in [0.15, 0.2) is 0 Å². The zero-order chi connectivity index (χ0) is 13.8. The first-order valence-corrected chi connectivity index (χ1v) is 8.10. The largest absolute Gasteiger partial charge is 0.378 e. The summed E-state index contributed by atoms with van der Waals surface area (Å²) in [6.45, 7) is 3.84. The van der Waals surface area contributed by atoms with Crippen LogP contribution in [0.4, 0.5) is 0 Å². The van der Waals surface area contributed by atoms with Gasteiger partial charge >= 0.3 is 0 Å². The Labute approximate surface area is 122 Å². The Morgan fingerprint density at radius 1 is 1.30 bits per heavy atom. The summed E-state index contributed by atoms with van der Waals surface area (Å²) < 4.78 is 6.00. The van der Waals surface area contributed by atoms with E-state index in [1.54, 1.807) is 0 Å². The van der Waals surface area contributed by atoms with E-state index in [4.69, 9.17) is 4.74 Å². The van der Waals surface area contributed by atoms with Gasteiger partial charge in [-0.25, -0.2) is 0 Å². The second kappa shape index (κ2) is 6.23. The van der Waals surface area contributed by atoms with Crippen LogP contribution in [-0.2, 0) is 11.3 Å². The molecule has 20 heavy (non-hydrogen) atoms. The maximum Gasteiger partial charge on any atom is 0.0661 e. The van der Waals surface area contributed by atoms with Gasteiger partial charge < -0.3 is 10.1 Å². The van der Waals surface area contributed by atoms with E-state index < -0.39 is 0 Å². The normalized spacial score (nSPS) is 28.2. The number of rotatable bonds is 5. The molecule has 110 valence electrons. The van der Waals surface area contributed by atoms with Crippen LogP contribution in [0.15, 0.2) is 24.4 Å². The van der Waals surface area contributed by atoms with Crippen molar-refractivity contribution in [3.8, 4) is 0 Å². The van der Waals surface area contributed by atoms with Crippen LogP contribution in [0.25, 0.3) is 0 Å². The van der Waals surface area contributed by atoms with Crippen LogP contribution in [0.3, 0.4) is 0 Å². The summed E-state index contributed by atoms with van der Waals surface area (Å²) in [5, 5.41) is 3.74. The predicted octanol–water partition coefficient (Wildman–Crippen LogP) is 3.30. The van der Waals surface area contributed by atoms with Crippen molar-refractivity contribution in [3.05, 3.63) is 30.1 Å². The van der Waals surface area contributed by atoms with E-state index in [-0.39, 0.29) is 0 Å². The van der Waals surface area contributed by atoms with Crippen molar-refractivity contribution in [1.82, 2.24) is 10.3 Å². The first-order chi connectivity index (χ1) is 9.85. The number of nitrogens with one attached hydrogen (secondary N) is 1. The summed E-state index contributed by atoms with van der Waals surface area (Å²) in [6.07, 6.45) is 10.3. The molecule has 1 aromatic heterocycles. The molecule has 2 saturated carbocycles. The van der Waals surface area contributed by atoms with Crippen LogP contribution in [0.5, 0.6) is 0 Å². The number of pyridine rings is 1. The Morgan fingerprint density at radius 2 is 2.15 bits per heavy atom. The van der Waals surface area contributed by atoms with E-state index >= 15 is 0 Å². The number of nitrogens with zero attached hydrogens (tertiary/aromatic N) is 1. The average molecular weight is 274 g/mol. The van der Waals surface area contributed by atoms with Crippen molar-refractivity contribution >= 4 is 0 Å². The molecule has 2 fully saturated rings. The van der Waals surface area contributed by atoms with Crippen LogP contribution in [0, 0.1) is 5.41 Å². The summed E-state index contributed by atoms with van der Waals surface area (Å²) in [5.74, 6) is 0. The molecule has 3 heteroatoms. The fraction of sp³-hybridized carbons (Fsp3) is 0.706. The lowest BCUT2D eigenvalue weighted by Crippen LogP contribution is -2.64. The predicted molar refractivity (Wildman–Crippen MR) is 80.4 cm³/mol. The maximum atomic E-state index is 6.00. The highest BCUT2D eigenvalue weighted by molar-refractivity contribution is 5.10. The molecule has 0 radical (unpaired) electrons. The Morgan fingerprint density at radius 3 is 2.85 bits per heavy atom. The Bertz CT molecular complexity index is 414. The van der Waals surface area contributed by atoms with E-state index in [9.17, 15) is 0 Å². The first-order valence-electron chi connectivity index (χ1n) is 8.10. The van der Waals surface area contributed by atoms with Gasteiger partial charge in [-0.15, -0.1) is 0 Å². The zero-order valence-electron chi connectivity index (χ0n) is 12.5. The molecule has 0 bridgehead atoms. The van der Waals surface area contributed by atoms with E-state index in [0.717, 1.165) is 18.8 Å². The minimum Gasteiger partial charge on any atom is -0.378 e. The Hall–Kier alpha value is -0.930. The standard InChI is InChI=1S/C17H26N2O/c1-2-20-16-12-15(17(16)9-5-3-6-10-17)19-13-14-8-4-7-11-18-14/h4,7-8,11,15-16,19H,2-3,5-6,9-10,12-13H2,1H3. The molecule has 2 aliphatic rings. The molecule has 1 spiro atoms. The van der Waals surface area contributed by atoms with Gasteiger partial charge in [0, 0.05) is 30.8 Å². The highest BCUT2D eigenvalue weighted by atomic mass is 16.5. The van der Waals surface area contributed by atoms with Gasteiger partial charge in [-0.2, -0.15) is 0 Å². The Balaban J connectivity index is 1.61. The van der Waals surface area contributed by atoms with Gasteiger partial charge in [-0.05, 0) is 38.3 Å². The minimum absolute atomic E-state index is 0.406. The van der Waals surface area contributed by atoms with Gasteiger partial charge in [0.1, 0.15) is 0 Å². The maximum absolute atomic E-state index is 6.00. The van der Waals surface area contributed by atoms with E-state index in [1.165, 1.54) is 38.5 Å². The van der Waals surface area contributed by atoms with Crippen molar-refractivity contribution in [2.24, 2.45) is 5.41 Å². The third kappa shape index (κ3) is 2.61. The monoisotopic (exact) mass is 274 g/mol. The summed E-state index contributed by atoms with van der Waals surface area (Å²) in [7, 11) is 0. The third-order valence-corrected chi connectivity index (χ3v) is 5.19. The van der Waals surface area contributed by atoms with Crippen molar-refractivity contribution in [2.75, 3.05) is 6.61 Å². The van der Waals surface area contributed by atoms with Crippen LogP contribution in [0.1, 0.15) is 51.1 Å². The van der Waals surface area contributed by atoms with E-state index in [1.807, 2.05) is 12.3 Å². The highest BCUT2D eigenvalue weighted by Gasteiger charge is 2.55. The van der Waals surface area contributed by atoms with Crippen LogP contribution in [-0.4, -0.2) is 23.7 Å². The molecule has 2 unspecified atom stereocenters. The molecule has 0 saturated heterocycles. The second-order valence-electron chi connectivity index (χ2n) is 6.23. The molecule has 0 amide bonds. The summed E-state index contributed by atoms with van der Waals surface area (Å²) in [4.78, 5) is 4.40. The molecule has 0 aliphatic heterocycles. The molecular weight excluding hydrogens is 248 g/mol. The summed E-state index contributed by atoms with van der Waals surface area (Å²) in [6, 6.07) is 6.74. The quantitative estimate of drug-likeness (QED) is 0.894. The van der Waals surface area contributed by atoms with Gasteiger partial charge in [0.25, 0.3) is 0 Å². The minimum atomic E-state index is 0.406. The average Bonchev–Trinajstić information content (AvgIpc) is 2.52. The van der Waals surface area contributed by atoms with Gasteiger partial charge in [-0.3, -0.25) is 4.98 Å². The van der Waals surface area contributed by atoms with Crippen molar-refractivity contribution in [1.29, 1.82) is 0 Å². The molecule has 3 nitrogen and oxygen atoms in total. The topological polar surface area (TPSA) is 34.1 Å². The van der Waals surface area contributed by atoms with Gasteiger partial charge in [-0.1, -0.05) is 25.3 Å². The number of hydrogen-bond donors (Lipinski definition) is 1. The van der Waals surface area contributed by atoms with Crippen LogP contribution in [0.2, 0.25) is 0 Å². The van der Waals surface area contributed by atoms with Gasteiger partial charge in [0.2, 0.25) is 0 Å². The lowest BCUT2D eigenvalue weighted by Gasteiger charge is -2.58. The molecule has 2 atom stereocenters. The zero-order valence-corrected chi connectivity index (χ0v) is 12.5. The van der Waals surface area contributed by atoms with Crippen LogP contribution < -0.4 is 5.32 Å². The molecule has 1 heterocycles. The highest BCUT2D eigenvalue weighted by Crippen LogP contribution is 2.53. The lowest BCUT2D eigenvalue weighted by atomic mass is 9.55. The van der Waals surface area contributed by atoms with E-state index in [2.05, 4.69) is 29.4 Å². The molecular formula is C17H26N2O. The molecule has 0 aromatic carbocycles. The molecule has 2 aliphatic carbocycles. The first kappa shape index (κ1) is 14.0. The molecule has 1 N–H and O–H groups in total. The second-order valence-corrected chi connectivity index (χ2v) is 6.23. The number of aromatic nitrogens is 1. The number of hydrogen-bond acceptors (Lipinski definition) is 3. The van der Waals surface area contributed by atoms with E-state index in [0.29, 0.717) is 17.6 Å². The van der Waals surface area contributed by atoms with Gasteiger partial charge in [0.05, 0.1) is 11.8 Å². The summed E-state index contributed by atoms with van der Waals surface area (Å²) in [5.41, 5.74) is 1.54. The third-order valence-electron chi connectivity index (χ3n) is 5.19. The number of ether oxygens (including phenoxy) is 1. The lowest BCUT2D eigenvalue weighted by molar-refractivity contribution is -0.150. The molecule has 1 aromatic rings. The fourth-order valence-corrected chi connectivity index (χ4v) is 4.08. The fourth-order valence-electron chi connectivity index (χ4n) is 4.08. The van der Waals surface area contributed by atoms with Crippen molar-refractivity contribution < 1.29 is 4.74 Å². The SMILES string of the molecule is CCOC1CC(NCc2ccccn2)C12CCCCC2. The smallest absolute Gasteiger partial charge is 0.0661 e. The van der Waals surface area contributed by atoms with Crippen molar-refractivity contribution in [3.63, 3.8) is 0 Å².